The van der Waals surface area contributed by atoms with E-state index in [9.17, 15) is 18.8 Å². The molecule has 0 aliphatic heterocycles. The maximum atomic E-state index is 13.2. The zero-order valence-electron chi connectivity index (χ0n) is 17.0. The van der Waals surface area contributed by atoms with E-state index in [4.69, 9.17) is 16.1 Å². The van der Waals surface area contributed by atoms with Gasteiger partial charge in [0.05, 0.1) is 10.7 Å². The van der Waals surface area contributed by atoms with Gasteiger partial charge in [-0.15, -0.1) is 0 Å². The minimum absolute atomic E-state index is 0.00640. The van der Waals surface area contributed by atoms with Gasteiger partial charge in [-0.1, -0.05) is 16.8 Å². The first-order valence-corrected chi connectivity index (χ1v) is 9.90. The molecule has 3 heterocycles. The molecule has 4 rings (SSSR count). The Labute approximate surface area is 189 Å². The number of benzene rings is 1. The minimum atomic E-state index is -0.739. The molecule has 168 valence electrons. The molecule has 1 amide bonds. The fourth-order valence-corrected chi connectivity index (χ4v) is 2.90. The van der Waals surface area contributed by atoms with Gasteiger partial charge in [0.15, 0.2) is 5.69 Å². The molecule has 3 aromatic heterocycles. The molecule has 0 aliphatic rings. The number of carbonyl (C=O) groups is 1. The Morgan fingerprint density at radius 3 is 2.64 bits per heavy atom. The van der Waals surface area contributed by atoms with Crippen LogP contribution >= 0.6 is 11.6 Å². The fraction of sp³-hybridized carbons (Fsp3) is 0.150. The summed E-state index contributed by atoms with van der Waals surface area (Å²) in [7, 11) is 1.27. The van der Waals surface area contributed by atoms with Crippen LogP contribution in [0.2, 0.25) is 5.02 Å². The summed E-state index contributed by atoms with van der Waals surface area (Å²) in [4.78, 5) is 45.2. The molecule has 0 aliphatic carbocycles. The van der Waals surface area contributed by atoms with Crippen LogP contribution in [-0.4, -0.2) is 35.4 Å². The van der Waals surface area contributed by atoms with Gasteiger partial charge in [-0.25, -0.2) is 14.2 Å². The second-order valence-electron chi connectivity index (χ2n) is 6.81. The first-order chi connectivity index (χ1) is 15.8. The summed E-state index contributed by atoms with van der Waals surface area (Å²) in [6.45, 7) is 0. The summed E-state index contributed by atoms with van der Waals surface area (Å²) in [6.07, 6.45) is 1.50. The molecule has 1 aromatic carbocycles. The van der Waals surface area contributed by atoms with Gasteiger partial charge in [0, 0.05) is 26.1 Å². The van der Waals surface area contributed by atoms with Gasteiger partial charge >= 0.3 is 5.69 Å². The summed E-state index contributed by atoms with van der Waals surface area (Å²) < 4.78 is 20.1. The molecule has 0 bridgehead atoms. The predicted molar refractivity (Wildman–Crippen MR) is 115 cm³/mol. The number of anilines is 1. The molecule has 13 heteroatoms. The molecule has 4 aromatic rings. The molecular formula is C20H15ClFN7O4. The van der Waals surface area contributed by atoms with Crippen molar-refractivity contribution in [3.8, 4) is 17.2 Å². The highest BCUT2D eigenvalue weighted by molar-refractivity contribution is 6.30. The summed E-state index contributed by atoms with van der Waals surface area (Å²) in [6, 6.07) is 8.15. The molecule has 0 fully saturated rings. The normalized spacial score (nSPS) is 10.9. The second-order valence-corrected chi connectivity index (χ2v) is 7.24. The zero-order valence-corrected chi connectivity index (χ0v) is 17.8. The lowest BCUT2D eigenvalue weighted by atomic mass is 10.3. The summed E-state index contributed by atoms with van der Waals surface area (Å²) in [5.41, 5.74) is -1.47. The topological polar surface area (TPSA) is 138 Å². The van der Waals surface area contributed by atoms with Gasteiger partial charge in [-0.3, -0.25) is 14.2 Å². The Balaban J connectivity index is 1.53. The second kappa shape index (κ2) is 9.12. The summed E-state index contributed by atoms with van der Waals surface area (Å²) >= 11 is 5.76. The van der Waals surface area contributed by atoms with Gasteiger partial charge in [0.25, 0.3) is 5.56 Å². The van der Waals surface area contributed by atoms with Gasteiger partial charge < -0.3 is 9.84 Å². The molecule has 1 N–H and O–H groups in total. The minimum Gasteiger partial charge on any atom is -0.339 e. The van der Waals surface area contributed by atoms with Crippen LogP contribution in [0.5, 0.6) is 0 Å². The van der Waals surface area contributed by atoms with Crippen LogP contribution < -0.4 is 16.6 Å². The summed E-state index contributed by atoms with van der Waals surface area (Å²) in [5, 5.41) is 10.8. The first-order valence-electron chi connectivity index (χ1n) is 9.52. The van der Waals surface area contributed by atoms with Crippen molar-refractivity contribution in [1.29, 1.82) is 0 Å². The average Bonchev–Trinajstić information content (AvgIpc) is 3.27. The van der Waals surface area contributed by atoms with Crippen molar-refractivity contribution in [2.45, 2.75) is 12.8 Å². The van der Waals surface area contributed by atoms with Gasteiger partial charge in [-0.2, -0.15) is 14.8 Å². The number of pyridine rings is 1. The third-order valence-corrected chi connectivity index (χ3v) is 4.71. The number of nitrogens with one attached hydrogen (secondary N) is 1. The number of hydrogen-bond donors (Lipinski definition) is 1. The van der Waals surface area contributed by atoms with Crippen molar-refractivity contribution in [3.05, 3.63) is 80.2 Å². The number of nitrogens with zero attached hydrogens (tertiary/aromatic N) is 6. The quantitative estimate of drug-likeness (QED) is 0.448. The van der Waals surface area contributed by atoms with E-state index in [-0.39, 0.29) is 41.8 Å². The van der Waals surface area contributed by atoms with Crippen molar-refractivity contribution in [1.82, 2.24) is 29.5 Å². The lowest BCUT2D eigenvalue weighted by Gasteiger charge is -2.07. The van der Waals surface area contributed by atoms with Gasteiger partial charge in [-0.05, 0) is 36.4 Å². The third-order valence-electron chi connectivity index (χ3n) is 4.49. The molecule has 0 saturated heterocycles. The molecule has 0 saturated carbocycles. The molecular weight excluding hydrogens is 457 g/mol. The Kier molecular flexibility index (Phi) is 6.09. The van der Waals surface area contributed by atoms with Crippen LogP contribution in [0.3, 0.4) is 0 Å². The molecule has 0 spiro atoms. The highest BCUT2D eigenvalue weighted by atomic mass is 35.5. The average molecular weight is 472 g/mol. The standard InChI is InChI=1S/C20H15ClFN7O4/c1-28-19(31)17(26-29(20(28)32)13-5-3-12(22)4-6-13)18-25-16(33-27-18)9-8-15(30)24-14-7-2-11(21)10-23-14/h2-7,10H,8-9H2,1H3,(H,23,24,30). The van der Waals surface area contributed by atoms with E-state index in [0.29, 0.717) is 10.8 Å². The number of hydrogen-bond acceptors (Lipinski definition) is 8. The lowest BCUT2D eigenvalue weighted by Crippen LogP contribution is -2.40. The number of halogens is 2. The van der Waals surface area contributed by atoms with E-state index in [1.54, 1.807) is 12.1 Å². The molecule has 0 atom stereocenters. The molecule has 0 radical (unpaired) electrons. The van der Waals surface area contributed by atoms with Crippen molar-refractivity contribution < 1.29 is 13.7 Å². The van der Waals surface area contributed by atoms with Crippen LogP contribution in [0.25, 0.3) is 17.2 Å². The van der Waals surface area contributed by atoms with E-state index >= 15 is 0 Å². The monoisotopic (exact) mass is 471 g/mol. The Morgan fingerprint density at radius 2 is 1.94 bits per heavy atom. The molecule has 0 unspecified atom stereocenters. The van der Waals surface area contributed by atoms with Crippen LogP contribution in [-0.2, 0) is 18.3 Å². The Morgan fingerprint density at radius 1 is 1.18 bits per heavy atom. The summed E-state index contributed by atoms with van der Waals surface area (Å²) in [5.74, 6) is -0.556. The van der Waals surface area contributed by atoms with Gasteiger partial charge in [0.2, 0.25) is 17.6 Å². The number of rotatable bonds is 6. The Hall–Kier alpha value is -4.19. The highest BCUT2D eigenvalue weighted by Gasteiger charge is 2.19. The van der Waals surface area contributed by atoms with Crippen molar-refractivity contribution in [2.75, 3.05) is 5.32 Å². The van der Waals surface area contributed by atoms with E-state index in [2.05, 4.69) is 25.5 Å². The van der Waals surface area contributed by atoms with Crippen LogP contribution in [0.1, 0.15) is 12.3 Å². The zero-order chi connectivity index (χ0) is 23.5. The van der Waals surface area contributed by atoms with Crippen LogP contribution in [0.15, 0.2) is 56.7 Å². The Bertz CT molecular complexity index is 1430. The largest absolute Gasteiger partial charge is 0.351 e. The van der Waals surface area contributed by atoms with E-state index in [1.165, 1.54) is 25.4 Å². The lowest BCUT2D eigenvalue weighted by molar-refractivity contribution is -0.116. The van der Waals surface area contributed by atoms with E-state index < -0.39 is 17.1 Å². The smallest absolute Gasteiger partial charge is 0.339 e. The van der Waals surface area contributed by atoms with E-state index in [0.717, 1.165) is 21.4 Å². The maximum Gasteiger partial charge on any atom is 0.351 e. The third kappa shape index (κ3) is 4.85. The predicted octanol–water partition coefficient (Wildman–Crippen LogP) is 1.74. The number of amides is 1. The van der Waals surface area contributed by atoms with Crippen molar-refractivity contribution in [2.24, 2.45) is 7.05 Å². The fourth-order valence-electron chi connectivity index (χ4n) is 2.79. The van der Waals surface area contributed by atoms with Gasteiger partial charge in [0.1, 0.15) is 11.6 Å². The molecule has 11 nitrogen and oxygen atoms in total. The highest BCUT2D eigenvalue weighted by Crippen LogP contribution is 2.13. The number of carbonyl (C=O) groups excluding carboxylic acids is 1. The number of aromatic nitrogens is 6. The molecule has 33 heavy (non-hydrogen) atoms. The van der Waals surface area contributed by atoms with Crippen LogP contribution in [0, 0.1) is 5.82 Å². The van der Waals surface area contributed by atoms with Crippen molar-refractivity contribution in [3.63, 3.8) is 0 Å². The van der Waals surface area contributed by atoms with Crippen molar-refractivity contribution >= 4 is 23.3 Å². The SMILES string of the molecule is Cn1c(=O)c(-c2noc(CCC(=O)Nc3ccc(Cl)cn3)n2)nn(-c2ccc(F)cc2)c1=O. The first kappa shape index (κ1) is 22.0. The van der Waals surface area contributed by atoms with E-state index in [1.807, 2.05) is 0 Å². The maximum absolute atomic E-state index is 13.2. The van der Waals surface area contributed by atoms with Crippen LogP contribution in [0.4, 0.5) is 10.2 Å². The number of aryl methyl sites for hydroxylation is 1.